The van der Waals surface area contributed by atoms with E-state index in [1.165, 1.54) is 19.3 Å². The molecule has 0 aliphatic carbocycles. The Morgan fingerprint density at radius 1 is 0.821 bits per heavy atom. The second-order valence-electron chi connectivity index (χ2n) is 14.6. The number of carboxylic acid groups (broad SMARTS) is 2. The molecule has 0 spiro atoms. The van der Waals surface area contributed by atoms with Crippen LogP contribution < -0.4 is 47.8 Å². The molecule has 3 rings (SSSR count). The van der Waals surface area contributed by atoms with Gasteiger partial charge in [0.15, 0.2) is 6.04 Å². The number of benzene rings is 2. The Labute approximate surface area is 327 Å². The zero-order valence-corrected chi connectivity index (χ0v) is 32.9. The topological polar surface area (TPSA) is 280 Å². The van der Waals surface area contributed by atoms with Crippen LogP contribution in [0, 0.1) is 0 Å². The molecule has 0 radical (unpaired) electrons. The lowest BCUT2D eigenvalue weighted by molar-refractivity contribution is -0.683. The number of amides is 5. The minimum atomic E-state index is -1.61. The van der Waals surface area contributed by atoms with Crippen molar-refractivity contribution in [3.8, 4) is 0 Å². The number of anilines is 1. The van der Waals surface area contributed by atoms with Crippen LogP contribution >= 0.6 is 0 Å². The SMILES string of the molecule is CCCCCC[C@H]([NH3+])C[NH2+]CC[C@H]([NH3+])C(=O)N[C@H](CCN1C(=O)c2cccc3c(N(C)C)ccc(c23)C1=O)C(=O)NCC[C@@H](NC(=O)CCCC(=O)[O-])C(=O)[O-]. The first kappa shape index (κ1) is 45.3. The zero-order chi connectivity index (χ0) is 41.4. The highest BCUT2D eigenvalue weighted by Crippen LogP contribution is 2.35. The lowest BCUT2D eigenvalue weighted by Crippen LogP contribution is -2.91. The quantitative estimate of drug-likeness (QED) is 0.0400. The molecule has 0 saturated heterocycles. The van der Waals surface area contributed by atoms with E-state index in [0.717, 1.165) is 35.4 Å². The van der Waals surface area contributed by atoms with Crippen LogP contribution in [0.5, 0.6) is 0 Å². The van der Waals surface area contributed by atoms with E-state index in [9.17, 15) is 43.8 Å². The maximum atomic E-state index is 13.7. The van der Waals surface area contributed by atoms with Crippen LogP contribution in [0.3, 0.4) is 0 Å². The van der Waals surface area contributed by atoms with E-state index in [1.54, 1.807) is 24.3 Å². The van der Waals surface area contributed by atoms with Gasteiger partial charge in [-0.25, -0.2) is 0 Å². The van der Waals surface area contributed by atoms with E-state index in [-0.39, 0.29) is 51.2 Å². The summed E-state index contributed by atoms with van der Waals surface area (Å²) in [5.74, 6) is -5.95. The highest BCUT2D eigenvalue weighted by Gasteiger charge is 2.35. The number of carbonyl (C=O) groups is 7. The summed E-state index contributed by atoms with van der Waals surface area (Å²) in [5, 5.41) is 33.3. The number of rotatable bonds is 26. The third-order valence-electron chi connectivity index (χ3n) is 9.92. The van der Waals surface area contributed by atoms with Crippen LogP contribution in [0.4, 0.5) is 5.69 Å². The van der Waals surface area contributed by atoms with E-state index < -0.39 is 59.6 Å². The molecule has 4 atom stereocenters. The third kappa shape index (κ3) is 13.3. The van der Waals surface area contributed by atoms with Crippen molar-refractivity contribution >= 4 is 57.9 Å². The van der Waals surface area contributed by atoms with Gasteiger partial charge in [-0.2, -0.15) is 0 Å². The molecule has 11 N–H and O–H groups in total. The fraction of sp³-hybridized carbons (Fsp3) is 0.564. The molecule has 1 aliphatic heterocycles. The van der Waals surface area contributed by atoms with Crippen LogP contribution in [0.15, 0.2) is 30.3 Å². The van der Waals surface area contributed by atoms with Gasteiger partial charge in [-0.3, -0.25) is 28.9 Å². The van der Waals surface area contributed by atoms with Gasteiger partial charge in [0.2, 0.25) is 11.8 Å². The average Bonchev–Trinajstić information content (AvgIpc) is 3.15. The standard InChI is InChI=1S/C39H58N8O9/c1-4-5-6-7-10-24(40)23-42-20-17-28(41)35(51)45-29(36(52)43-21-18-30(39(55)56)44-32(48)13-9-14-33(49)50)19-22-47-37(53)26-12-8-11-25-31(46(2)3)16-15-27(34(25)26)38(47)54/h8,11-12,15-16,24,28-30,42H,4-7,9-10,13-14,17-23,40-41H2,1-3H3,(H,43,52)(H,44,48)(H,45,51)(H,49,50)(H,55,56)/p+1/t24-,28-,29+,30+/m0/s1. The normalized spacial score (nSPS) is 14.5. The average molecular weight is 784 g/mol. The molecule has 2 aromatic rings. The van der Waals surface area contributed by atoms with Crippen LogP contribution in [-0.2, 0) is 24.0 Å². The predicted molar refractivity (Wildman–Crippen MR) is 202 cm³/mol. The molecule has 5 amide bonds. The summed E-state index contributed by atoms with van der Waals surface area (Å²) < 4.78 is 0. The number of nitrogens with one attached hydrogen (secondary N) is 3. The fourth-order valence-corrected chi connectivity index (χ4v) is 6.69. The summed E-state index contributed by atoms with van der Waals surface area (Å²) in [6.07, 6.45) is 5.02. The number of carboxylic acids is 2. The summed E-state index contributed by atoms with van der Waals surface area (Å²) in [4.78, 5) is 91.9. The molecule has 1 heterocycles. The molecule has 308 valence electrons. The second kappa shape index (κ2) is 22.4. The van der Waals surface area contributed by atoms with Gasteiger partial charge in [0.25, 0.3) is 17.7 Å². The minimum absolute atomic E-state index is 0.0489. The molecule has 1 aliphatic rings. The first-order chi connectivity index (χ1) is 26.7. The highest BCUT2D eigenvalue weighted by atomic mass is 16.4. The van der Waals surface area contributed by atoms with E-state index >= 15 is 0 Å². The Bertz CT molecular complexity index is 1700. The van der Waals surface area contributed by atoms with Crippen molar-refractivity contribution in [2.24, 2.45) is 0 Å². The van der Waals surface area contributed by atoms with Gasteiger partial charge in [0.1, 0.15) is 18.6 Å². The van der Waals surface area contributed by atoms with Crippen molar-refractivity contribution in [3.63, 3.8) is 0 Å². The molecular formula is C39H59N8O9+. The zero-order valence-electron chi connectivity index (χ0n) is 32.9. The first-order valence-electron chi connectivity index (χ1n) is 19.5. The molecule has 17 heteroatoms. The largest absolute Gasteiger partial charge is 0.550 e. The maximum Gasteiger partial charge on any atom is 0.279 e. The van der Waals surface area contributed by atoms with Gasteiger partial charge in [-0.1, -0.05) is 38.3 Å². The van der Waals surface area contributed by atoms with Gasteiger partial charge in [0, 0.05) is 73.6 Å². The molecular weight excluding hydrogens is 724 g/mol. The summed E-state index contributed by atoms with van der Waals surface area (Å²) >= 11 is 0. The highest BCUT2D eigenvalue weighted by molar-refractivity contribution is 6.26. The Balaban J connectivity index is 1.69. The van der Waals surface area contributed by atoms with Crippen molar-refractivity contribution < 1.29 is 60.6 Å². The molecule has 17 nitrogen and oxygen atoms in total. The van der Waals surface area contributed by atoms with Gasteiger partial charge < -0.3 is 57.4 Å². The number of hydrogen-bond acceptors (Lipinski definition) is 10. The molecule has 2 aromatic carbocycles. The number of hydrogen-bond donors (Lipinski definition) is 6. The number of nitrogens with zero attached hydrogens (tertiary/aromatic N) is 2. The van der Waals surface area contributed by atoms with Crippen LogP contribution in [-0.4, -0.2) is 111 Å². The fourth-order valence-electron chi connectivity index (χ4n) is 6.69. The van der Waals surface area contributed by atoms with Gasteiger partial charge >= 0.3 is 0 Å². The van der Waals surface area contributed by atoms with Gasteiger partial charge in [0.05, 0.1) is 25.0 Å². The summed E-state index contributed by atoms with van der Waals surface area (Å²) in [6.45, 7) is 3.12. The third-order valence-corrected chi connectivity index (χ3v) is 9.92. The monoisotopic (exact) mass is 783 g/mol. The number of aliphatic carboxylic acids is 2. The van der Waals surface area contributed by atoms with E-state index in [2.05, 4.69) is 39.7 Å². The van der Waals surface area contributed by atoms with Crippen molar-refractivity contribution in [1.82, 2.24) is 20.9 Å². The lowest BCUT2D eigenvalue weighted by Gasteiger charge is -2.30. The van der Waals surface area contributed by atoms with E-state index in [0.29, 0.717) is 29.5 Å². The van der Waals surface area contributed by atoms with Crippen LogP contribution in [0.1, 0.15) is 98.3 Å². The molecule has 0 fully saturated rings. The minimum Gasteiger partial charge on any atom is -0.550 e. The van der Waals surface area contributed by atoms with E-state index in [4.69, 9.17) is 0 Å². The number of unbranched alkanes of at least 4 members (excludes halogenated alkanes) is 3. The number of quaternary nitrogens is 3. The summed E-state index contributed by atoms with van der Waals surface area (Å²) in [5.41, 5.74) is 9.72. The Hall–Kier alpha value is -5.13. The number of nitrogens with two attached hydrogens (primary N) is 1. The van der Waals surface area contributed by atoms with Crippen molar-refractivity contribution in [2.45, 2.75) is 102 Å². The lowest BCUT2D eigenvalue weighted by atomic mass is 9.92. The van der Waals surface area contributed by atoms with Crippen LogP contribution in [0.25, 0.3) is 10.8 Å². The summed E-state index contributed by atoms with van der Waals surface area (Å²) in [7, 11) is 3.73. The number of carbonyl (C=O) groups excluding carboxylic acids is 7. The smallest absolute Gasteiger partial charge is 0.279 e. The van der Waals surface area contributed by atoms with E-state index in [1.807, 2.05) is 25.1 Å². The Morgan fingerprint density at radius 2 is 1.54 bits per heavy atom. The van der Waals surface area contributed by atoms with Crippen molar-refractivity contribution in [2.75, 3.05) is 45.2 Å². The van der Waals surface area contributed by atoms with Crippen molar-refractivity contribution in [3.05, 3.63) is 41.5 Å². The van der Waals surface area contributed by atoms with Gasteiger partial charge in [-0.15, -0.1) is 0 Å². The second-order valence-corrected chi connectivity index (χ2v) is 14.6. The van der Waals surface area contributed by atoms with Gasteiger partial charge in [-0.05, 0) is 50.3 Å². The first-order valence-corrected chi connectivity index (χ1v) is 19.5. The number of imide groups is 1. The Morgan fingerprint density at radius 3 is 2.20 bits per heavy atom. The molecule has 0 bridgehead atoms. The molecule has 0 saturated carbocycles. The predicted octanol–water partition coefficient (Wildman–Crippen LogP) is -3.82. The maximum absolute atomic E-state index is 13.7. The van der Waals surface area contributed by atoms with Crippen molar-refractivity contribution in [1.29, 1.82) is 0 Å². The molecule has 0 aromatic heterocycles. The van der Waals surface area contributed by atoms with Crippen LogP contribution in [0.2, 0.25) is 0 Å². The Kier molecular flexibility index (Phi) is 18.1. The molecule has 0 unspecified atom stereocenters. The summed E-state index contributed by atoms with van der Waals surface area (Å²) in [6, 6.07) is 5.52. The molecule has 56 heavy (non-hydrogen) atoms.